The van der Waals surface area contributed by atoms with Gasteiger partial charge < -0.3 is 35.7 Å². The van der Waals surface area contributed by atoms with Gasteiger partial charge in [0.05, 0.1) is 24.3 Å². The number of aromatic nitrogens is 1. The molecule has 9 heteroatoms. The van der Waals surface area contributed by atoms with Crippen LogP contribution in [0.4, 0.5) is 4.79 Å². The first-order chi connectivity index (χ1) is 21.3. The van der Waals surface area contributed by atoms with Gasteiger partial charge in [-0.25, -0.2) is 4.79 Å². The zero-order valence-corrected chi connectivity index (χ0v) is 25.2. The zero-order valence-electron chi connectivity index (χ0n) is 25.2. The molecule has 1 amide bonds. The molecule has 4 rings (SSSR count). The molecule has 0 saturated heterocycles. The normalized spacial score (nSPS) is 12.6. The topological polar surface area (TPSA) is 144 Å². The van der Waals surface area contributed by atoms with Crippen molar-refractivity contribution in [1.82, 2.24) is 15.6 Å². The van der Waals surface area contributed by atoms with Crippen molar-refractivity contribution in [3.05, 3.63) is 105 Å². The molecule has 2 atom stereocenters. The van der Waals surface area contributed by atoms with Crippen LogP contribution in [0.25, 0.3) is 10.9 Å². The summed E-state index contributed by atoms with van der Waals surface area (Å²) in [6.45, 7) is 3.82. The molecular weight excluding hydrogens is 558 g/mol. The first kappa shape index (κ1) is 32.6. The van der Waals surface area contributed by atoms with Crippen molar-refractivity contribution < 1.29 is 24.9 Å². The van der Waals surface area contributed by atoms with Crippen LogP contribution in [-0.4, -0.2) is 46.1 Å². The van der Waals surface area contributed by atoms with Crippen molar-refractivity contribution in [2.24, 2.45) is 0 Å². The highest BCUT2D eigenvalue weighted by Gasteiger charge is 2.17. The van der Waals surface area contributed by atoms with Crippen molar-refractivity contribution in [2.45, 2.75) is 64.0 Å². The van der Waals surface area contributed by atoms with E-state index in [-0.39, 0.29) is 11.3 Å². The quantitative estimate of drug-likeness (QED) is 0.0776. The number of hydrogen-bond acceptors (Lipinski definition) is 6. The van der Waals surface area contributed by atoms with E-state index in [0.717, 1.165) is 73.9 Å². The van der Waals surface area contributed by atoms with Gasteiger partial charge in [0.15, 0.2) is 0 Å². The number of aliphatic hydroxyl groups is 1. The van der Waals surface area contributed by atoms with E-state index >= 15 is 0 Å². The Kier molecular flexibility index (Phi) is 12.2. The Morgan fingerprint density at radius 3 is 2.36 bits per heavy atom. The molecule has 0 bridgehead atoms. The summed E-state index contributed by atoms with van der Waals surface area (Å²) in [6.07, 6.45) is 5.82. The number of phenolic OH excluding ortho intramolecular Hbond substituents is 1. The number of nitrogens with one attached hydrogen (secondary N) is 3. The molecule has 0 spiro atoms. The van der Waals surface area contributed by atoms with Gasteiger partial charge in [-0.3, -0.25) is 4.79 Å². The lowest BCUT2D eigenvalue weighted by Crippen LogP contribution is -2.27. The Hall–Kier alpha value is -4.34. The maximum atomic E-state index is 11.6. The van der Waals surface area contributed by atoms with Crippen LogP contribution in [0.3, 0.4) is 0 Å². The van der Waals surface area contributed by atoms with Crippen LogP contribution in [0.2, 0.25) is 0 Å². The van der Waals surface area contributed by atoms with Crippen LogP contribution in [0.15, 0.2) is 77.6 Å². The van der Waals surface area contributed by atoms with E-state index in [1.807, 2.05) is 55.5 Å². The van der Waals surface area contributed by atoms with Crippen LogP contribution in [-0.2, 0) is 0 Å². The molecule has 0 aliphatic carbocycles. The molecule has 4 aromatic rings. The number of aromatic hydroxyl groups is 1. The third-order valence-electron chi connectivity index (χ3n) is 7.74. The number of carbonyl (C=O) groups is 1. The first-order valence-corrected chi connectivity index (χ1v) is 15.3. The molecule has 6 N–H and O–H groups in total. The second-order valence-corrected chi connectivity index (χ2v) is 11.2. The molecule has 9 nitrogen and oxygen atoms in total. The standard InChI is InChI=1S/C35H43N3O6/c1-24-12-14-25(15-13-24)33(38-35(42)43)26-10-9-11-27(22-26)44-21-8-6-4-2-3-5-7-20-36-23-31(40)28-16-18-30(39)34-29(28)17-19-32(41)37-34/h9-19,22,31,33,36,38-40H,2-8,20-21,23H2,1H3,(H,37,41)(H,42,43)/t31-,33?/m0/s1. The smallest absolute Gasteiger partial charge is 0.405 e. The number of phenols is 1. The van der Waals surface area contributed by atoms with E-state index in [4.69, 9.17) is 4.74 Å². The number of carboxylic acid groups (broad SMARTS) is 1. The average molecular weight is 602 g/mol. The van der Waals surface area contributed by atoms with Gasteiger partial charge in [-0.15, -0.1) is 0 Å². The number of ether oxygens (including phenoxy) is 1. The lowest BCUT2D eigenvalue weighted by atomic mass is 9.98. The Labute approximate surface area is 257 Å². The summed E-state index contributed by atoms with van der Waals surface area (Å²) in [4.78, 5) is 25.7. The van der Waals surface area contributed by atoms with Gasteiger partial charge in [0.1, 0.15) is 11.5 Å². The van der Waals surface area contributed by atoms with E-state index < -0.39 is 18.2 Å². The molecule has 0 saturated carbocycles. The number of aliphatic hydroxyl groups excluding tert-OH is 1. The summed E-state index contributed by atoms with van der Waals surface area (Å²) in [5.41, 5.74) is 3.54. The van der Waals surface area contributed by atoms with Gasteiger partial charge >= 0.3 is 6.09 Å². The molecule has 234 valence electrons. The van der Waals surface area contributed by atoms with Crippen molar-refractivity contribution in [3.63, 3.8) is 0 Å². The maximum absolute atomic E-state index is 11.6. The number of amides is 1. The fraction of sp³-hybridized carbons (Fsp3) is 0.371. The number of pyridine rings is 1. The highest BCUT2D eigenvalue weighted by molar-refractivity contribution is 5.87. The Morgan fingerprint density at radius 1 is 0.886 bits per heavy atom. The molecule has 0 radical (unpaired) electrons. The minimum atomic E-state index is -1.07. The highest BCUT2D eigenvalue weighted by Crippen LogP contribution is 2.29. The van der Waals surface area contributed by atoms with Crippen molar-refractivity contribution in [3.8, 4) is 11.5 Å². The van der Waals surface area contributed by atoms with Crippen LogP contribution in [0.5, 0.6) is 11.5 Å². The van der Waals surface area contributed by atoms with Crippen molar-refractivity contribution in [1.29, 1.82) is 0 Å². The number of aromatic amines is 1. The average Bonchev–Trinajstić information content (AvgIpc) is 3.01. The van der Waals surface area contributed by atoms with E-state index in [1.165, 1.54) is 12.1 Å². The number of fused-ring (bicyclic) bond motifs is 1. The van der Waals surface area contributed by atoms with Crippen LogP contribution < -0.4 is 20.9 Å². The molecule has 0 aliphatic rings. The lowest BCUT2D eigenvalue weighted by molar-refractivity contribution is 0.176. The van der Waals surface area contributed by atoms with Gasteiger partial charge in [0.25, 0.3) is 0 Å². The van der Waals surface area contributed by atoms with E-state index in [0.29, 0.717) is 29.6 Å². The lowest BCUT2D eigenvalue weighted by Gasteiger charge is -2.19. The molecule has 1 unspecified atom stereocenters. The summed E-state index contributed by atoms with van der Waals surface area (Å²) in [7, 11) is 0. The van der Waals surface area contributed by atoms with Crippen LogP contribution in [0, 0.1) is 6.92 Å². The maximum Gasteiger partial charge on any atom is 0.405 e. The minimum absolute atomic E-state index is 0.0149. The first-order valence-electron chi connectivity index (χ1n) is 15.3. The molecule has 3 aromatic carbocycles. The van der Waals surface area contributed by atoms with Crippen LogP contribution >= 0.6 is 0 Å². The number of rotatable bonds is 17. The molecule has 1 aromatic heterocycles. The number of aryl methyl sites for hydroxylation is 1. The van der Waals surface area contributed by atoms with Crippen molar-refractivity contribution >= 4 is 17.0 Å². The largest absolute Gasteiger partial charge is 0.506 e. The number of unbranched alkanes of at least 4 members (excludes halogenated alkanes) is 6. The van der Waals surface area contributed by atoms with Crippen molar-refractivity contribution in [2.75, 3.05) is 19.7 Å². The number of hydrogen-bond donors (Lipinski definition) is 6. The zero-order chi connectivity index (χ0) is 31.3. The predicted molar refractivity (Wildman–Crippen MR) is 173 cm³/mol. The number of benzene rings is 3. The summed E-state index contributed by atoms with van der Waals surface area (Å²) < 4.78 is 5.98. The predicted octanol–water partition coefficient (Wildman–Crippen LogP) is 6.33. The van der Waals surface area contributed by atoms with Crippen LogP contribution in [0.1, 0.15) is 79.3 Å². The van der Waals surface area contributed by atoms with Gasteiger partial charge in [-0.2, -0.15) is 0 Å². The second kappa shape index (κ2) is 16.5. The van der Waals surface area contributed by atoms with E-state index in [9.17, 15) is 24.9 Å². The van der Waals surface area contributed by atoms with E-state index in [1.54, 1.807) is 12.1 Å². The fourth-order valence-electron chi connectivity index (χ4n) is 5.35. The minimum Gasteiger partial charge on any atom is -0.506 e. The Balaban J connectivity index is 1.08. The summed E-state index contributed by atoms with van der Waals surface area (Å²) >= 11 is 0. The highest BCUT2D eigenvalue weighted by atomic mass is 16.5. The summed E-state index contributed by atoms with van der Waals surface area (Å²) in [5.74, 6) is 0.719. The molecule has 44 heavy (non-hydrogen) atoms. The third-order valence-corrected chi connectivity index (χ3v) is 7.74. The Morgan fingerprint density at radius 2 is 1.61 bits per heavy atom. The summed E-state index contributed by atoms with van der Waals surface area (Å²) in [6, 6.07) is 21.2. The molecule has 0 aliphatic heterocycles. The monoisotopic (exact) mass is 601 g/mol. The Bertz CT molecular complexity index is 1550. The molecular formula is C35H43N3O6. The van der Waals surface area contributed by atoms with Gasteiger partial charge in [0.2, 0.25) is 5.56 Å². The van der Waals surface area contributed by atoms with Gasteiger partial charge in [-0.1, -0.05) is 80.1 Å². The summed E-state index contributed by atoms with van der Waals surface area (Å²) in [5, 5.41) is 36.6. The fourth-order valence-corrected chi connectivity index (χ4v) is 5.35. The third kappa shape index (κ3) is 9.59. The van der Waals surface area contributed by atoms with Gasteiger partial charge in [-0.05, 0) is 67.3 Å². The molecule has 1 heterocycles. The SMILES string of the molecule is Cc1ccc(C(NC(=O)O)c2cccc(OCCCCCCCCCNC[C@H](O)c3ccc(O)c4[nH]c(=O)ccc34)c2)cc1. The number of H-pyrrole nitrogens is 1. The van der Waals surface area contributed by atoms with Gasteiger partial charge in [0, 0.05) is 18.0 Å². The molecule has 0 fully saturated rings. The second-order valence-electron chi connectivity index (χ2n) is 11.2. The van der Waals surface area contributed by atoms with E-state index in [2.05, 4.69) is 15.6 Å².